The lowest BCUT2D eigenvalue weighted by Gasteiger charge is -2.15. The summed E-state index contributed by atoms with van der Waals surface area (Å²) in [6.07, 6.45) is 0.521. The Labute approximate surface area is 102 Å². The summed E-state index contributed by atoms with van der Waals surface area (Å²) < 4.78 is 0. The van der Waals surface area contributed by atoms with Gasteiger partial charge in [0, 0.05) is 17.8 Å². The van der Waals surface area contributed by atoms with Gasteiger partial charge in [-0.05, 0) is 18.6 Å². The zero-order valence-corrected chi connectivity index (χ0v) is 10.5. The minimum atomic E-state index is 0.0873. The summed E-state index contributed by atoms with van der Waals surface area (Å²) in [6.45, 7) is 2.55. The smallest absolute Gasteiger partial charge is 0.229 e. The van der Waals surface area contributed by atoms with Gasteiger partial charge < -0.3 is 0 Å². The van der Waals surface area contributed by atoms with Crippen molar-refractivity contribution < 1.29 is 4.79 Å². The maximum atomic E-state index is 11.6. The molecular formula is C10H10BrClN2O. The number of aryl methyl sites for hydroxylation is 1. The Kier molecular flexibility index (Phi) is 2.98. The Balaban J connectivity index is 2.30. The highest BCUT2D eigenvalue weighted by atomic mass is 79.9. The van der Waals surface area contributed by atoms with Crippen LogP contribution in [0.2, 0.25) is 5.15 Å². The molecule has 1 aliphatic heterocycles. The monoisotopic (exact) mass is 288 g/mol. The van der Waals surface area contributed by atoms with Crippen LogP contribution < -0.4 is 4.90 Å². The van der Waals surface area contributed by atoms with Crippen LogP contribution in [-0.4, -0.2) is 22.3 Å². The molecule has 0 spiro atoms. The first kappa shape index (κ1) is 10.9. The van der Waals surface area contributed by atoms with Crippen LogP contribution in [0.5, 0.6) is 0 Å². The highest BCUT2D eigenvalue weighted by molar-refractivity contribution is 9.09. The predicted molar refractivity (Wildman–Crippen MR) is 63.7 cm³/mol. The van der Waals surface area contributed by atoms with Crippen molar-refractivity contribution in [3.05, 3.63) is 22.8 Å². The molecule has 1 aliphatic rings. The molecule has 3 nitrogen and oxygen atoms in total. The lowest BCUT2D eigenvalue weighted by Crippen LogP contribution is -2.25. The standard InChI is InChI=1S/C10H10BrClN2O/c1-6-2-3-8(13-10(6)12)14-5-7(11)4-9(14)15/h2-3,7H,4-5H2,1H3. The molecule has 0 bridgehead atoms. The summed E-state index contributed by atoms with van der Waals surface area (Å²) in [4.78, 5) is 17.7. The van der Waals surface area contributed by atoms with E-state index in [0.29, 0.717) is 23.9 Å². The van der Waals surface area contributed by atoms with E-state index in [-0.39, 0.29) is 10.7 Å². The van der Waals surface area contributed by atoms with Crippen molar-refractivity contribution in [2.75, 3.05) is 11.4 Å². The second-order valence-corrected chi connectivity index (χ2v) is 5.24. The molecule has 1 saturated heterocycles. The van der Waals surface area contributed by atoms with Crippen molar-refractivity contribution in [3.8, 4) is 0 Å². The Morgan fingerprint density at radius 1 is 1.60 bits per heavy atom. The van der Waals surface area contributed by atoms with Crippen LogP contribution in [0.15, 0.2) is 12.1 Å². The van der Waals surface area contributed by atoms with Crippen molar-refractivity contribution >= 4 is 39.3 Å². The van der Waals surface area contributed by atoms with Gasteiger partial charge in [-0.25, -0.2) is 4.98 Å². The molecule has 0 aromatic carbocycles. The van der Waals surface area contributed by atoms with Crippen molar-refractivity contribution in [1.29, 1.82) is 0 Å². The summed E-state index contributed by atoms with van der Waals surface area (Å²) in [5.74, 6) is 0.724. The Morgan fingerprint density at radius 3 is 2.87 bits per heavy atom. The highest BCUT2D eigenvalue weighted by Gasteiger charge is 2.29. The van der Waals surface area contributed by atoms with Gasteiger partial charge in [-0.3, -0.25) is 9.69 Å². The number of hydrogen-bond donors (Lipinski definition) is 0. The van der Waals surface area contributed by atoms with Gasteiger partial charge in [-0.2, -0.15) is 0 Å². The molecule has 1 aromatic heterocycles. The van der Waals surface area contributed by atoms with Crippen LogP contribution in [0.3, 0.4) is 0 Å². The maximum absolute atomic E-state index is 11.6. The number of nitrogens with zero attached hydrogens (tertiary/aromatic N) is 2. The van der Waals surface area contributed by atoms with E-state index in [0.717, 1.165) is 5.56 Å². The molecule has 2 heterocycles. The number of anilines is 1. The molecule has 1 aromatic rings. The summed E-state index contributed by atoms with van der Waals surface area (Å²) >= 11 is 9.34. The highest BCUT2D eigenvalue weighted by Crippen LogP contribution is 2.25. The molecule has 0 radical (unpaired) electrons. The average Bonchev–Trinajstić information content (AvgIpc) is 2.50. The van der Waals surface area contributed by atoms with E-state index in [1.165, 1.54) is 0 Å². The summed E-state index contributed by atoms with van der Waals surface area (Å²) in [5.41, 5.74) is 0.919. The van der Waals surface area contributed by atoms with Gasteiger partial charge in [0.15, 0.2) is 0 Å². The second kappa shape index (κ2) is 4.10. The fraction of sp³-hybridized carbons (Fsp3) is 0.400. The van der Waals surface area contributed by atoms with Crippen LogP contribution in [0, 0.1) is 6.92 Å². The average molecular weight is 290 g/mol. The molecule has 1 amide bonds. The van der Waals surface area contributed by atoms with Crippen molar-refractivity contribution in [3.63, 3.8) is 0 Å². The van der Waals surface area contributed by atoms with Crippen LogP contribution in [0.1, 0.15) is 12.0 Å². The van der Waals surface area contributed by atoms with Crippen LogP contribution in [-0.2, 0) is 4.79 Å². The second-order valence-electron chi connectivity index (χ2n) is 3.58. The Hall–Kier alpha value is -0.610. The van der Waals surface area contributed by atoms with Gasteiger partial charge in [-0.1, -0.05) is 33.6 Å². The number of aromatic nitrogens is 1. The van der Waals surface area contributed by atoms with Crippen LogP contribution >= 0.6 is 27.5 Å². The van der Waals surface area contributed by atoms with Crippen LogP contribution in [0.4, 0.5) is 5.82 Å². The van der Waals surface area contributed by atoms with Gasteiger partial charge in [0.25, 0.3) is 0 Å². The first-order valence-corrected chi connectivity index (χ1v) is 5.95. The van der Waals surface area contributed by atoms with E-state index in [9.17, 15) is 4.79 Å². The van der Waals surface area contributed by atoms with Crippen LogP contribution in [0.25, 0.3) is 0 Å². The molecule has 2 rings (SSSR count). The van der Waals surface area contributed by atoms with Gasteiger partial charge in [-0.15, -0.1) is 0 Å². The van der Waals surface area contributed by atoms with E-state index < -0.39 is 0 Å². The van der Waals surface area contributed by atoms with E-state index >= 15 is 0 Å². The predicted octanol–water partition coefficient (Wildman–Crippen LogP) is 2.54. The van der Waals surface area contributed by atoms with Gasteiger partial charge in [0.2, 0.25) is 5.91 Å². The van der Waals surface area contributed by atoms with E-state index in [1.807, 2.05) is 19.1 Å². The third-order valence-corrected chi connectivity index (χ3v) is 3.37. The number of pyridine rings is 1. The normalized spacial score (nSPS) is 21.1. The molecule has 0 aliphatic carbocycles. The van der Waals surface area contributed by atoms with Gasteiger partial charge >= 0.3 is 0 Å². The van der Waals surface area contributed by atoms with E-state index in [2.05, 4.69) is 20.9 Å². The molecule has 15 heavy (non-hydrogen) atoms. The largest absolute Gasteiger partial charge is 0.296 e. The Bertz CT molecular complexity index is 410. The molecule has 80 valence electrons. The molecule has 0 saturated carbocycles. The topological polar surface area (TPSA) is 33.2 Å². The number of alkyl halides is 1. The molecule has 1 atom stereocenters. The van der Waals surface area contributed by atoms with E-state index in [1.54, 1.807) is 4.90 Å². The quantitative estimate of drug-likeness (QED) is 0.588. The molecule has 0 N–H and O–H groups in total. The van der Waals surface area contributed by atoms with Crippen molar-refractivity contribution in [2.45, 2.75) is 18.2 Å². The summed E-state index contributed by atoms with van der Waals surface area (Å²) in [5, 5.41) is 0.457. The number of amides is 1. The molecular weight excluding hydrogens is 279 g/mol. The third kappa shape index (κ3) is 2.16. The molecule has 1 unspecified atom stereocenters. The summed E-state index contributed by atoms with van der Waals surface area (Å²) in [6, 6.07) is 3.70. The number of hydrogen-bond acceptors (Lipinski definition) is 2. The maximum Gasteiger partial charge on any atom is 0.229 e. The number of halogens is 2. The number of carbonyl (C=O) groups excluding carboxylic acids is 1. The first-order valence-electron chi connectivity index (χ1n) is 4.65. The van der Waals surface area contributed by atoms with E-state index in [4.69, 9.17) is 11.6 Å². The van der Waals surface area contributed by atoms with Crippen molar-refractivity contribution in [1.82, 2.24) is 4.98 Å². The Morgan fingerprint density at radius 2 is 2.33 bits per heavy atom. The third-order valence-electron chi connectivity index (χ3n) is 2.37. The lowest BCUT2D eigenvalue weighted by atomic mass is 10.3. The SMILES string of the molecule is Cc1ccc(N2CC(Br)CC2=O)nc1Cl. The molecule has 1 fully saturated rings. The zero-order valence-electron chi connectivity index (χ0n) is 8.20. The van der Waals surface area contributed by atoms with Gasteiger partial charge in [0.05, 0.1) is 0 Å². The fourth-order valence-corrected chi connectivity index (χ4v) is 2.25. The minimum absolute atomic E-state index is 0.0873. The lowest BCUT2D eigenvalue weighted by molar-refractivity contribution is -0.117. The fourth-order valence-electron chi connectivity index (χ4n) is 1.53. The number of carbonyl (C=O) groups is 1. The van der Waals surface area contributed by atoms with Gasteiger partial charge in [0.1, 0.15) is 11.0 Å². The summed E-state index contributed by atoms with van der Waals surface area (Å²) in [7, 11) is 0. The number of rotatable bonds is 1. The molecule has 5 heteroatoms. The minimum Gasteiger partial charge on any atom is -0.296 e. The first-order chi connectivity index (χ1) is 7.08. The van der Waals surface area contributed by atoms with Crippen molar-refractivity contribution in [2.24, 2.45) is 0 Å². The zero-order chi connectivity index (χ0) is 11.0.